The Morgan fingerprint density at radius 2 is 1.80 bits per heavy atom. The Balaban J connectivity index is 1.39. The Hall–Kier alpha value is -1.63. The lowest BCUT2D eigenvalue weighted by atomic mass is 9.95. The molecule has 1 amide bonds. The van der Waals surface area contributed by atoms with Gasteiger partial charge in [-0.05, 0) is 51.6 Å². The zero-order valence-electron chi connectivity index (χ0n) is 15.1. The number of hydrogen-bond acceptors (Lipinski definition) is 4. The van der Waals surface area contributed by atoms with E-state index in [-0.39, 0.29) is 11.6 Å². The van der Waals surface area contributed by atoms with Crippen molar-refractivity contribution in [1.29, 1.82) is 0 Å². The molecule has 25 heavy (non-hydrogen) atoms. The quantitative estimate of drug-likeness (QED) is 0.867. The van der Waals surface area contributed by atoms with Gasteiger partial charge in [0, 0.05) is 25.0 Å². The molecule has 2 saturated carbocycles. The first kappa shape index (κ1) is 16.8. The lowest BCUT2D eigenvalue weighted by molar-refractivity contribution is -0.122. The number of aromatic nitrogens is 3. The lowest BCUT2D eigenvalue weighted by Crippen LogP contribution is -2.42. The molecule has 3 aliphatic rings. The van der Waals surface area contributed by atoms with Crippen LogP contribution >= 0.6 is 0 Å². The minimum Gasteiger partial charge on any atom is -0.352 e. The highest BCUT2D eigenvalue weighted by molar-refractivity contribution is 5.78. The molecule has 0 aromatic carbocycles. The standard InChI is InChI=1S/C18H29N5O2/c1-21-18(25)23(15-4-2-3-5-15)17(20-21)13-8-10-22(11-9-13)12-16(24)19-14-6-7-14/h13-15H,2-12H2,1H3,(H,19,24). The Morgan fingerprint density at radius 1 is 1.12 bits per heavy atom. The normalized spacial score (nSPS) is 23.2. The number of carbonyl (C=O) groups is 1. The van der Waals surface area contributed by atoms with Crippen LogP contribution in [-0.4, -0.2) is 50.8 Å². The Morgan fingerprint density at radius 3 is 2.44 bits per heavy atom. The summed E-state index contributed by atoms with van der Waals surface area (Å²) in [6.45, 7) is 2.30. The van der Waals surface area contributed by atoms with Crippen LogP contribution in [0, 0.1) is 0 Å². The van der Waals surface area contributed by atoms with E-state index < -0.39 is 0 Å². The molecule has 138 valence electrons. The molecule has 1 aliphatic heterocycles. The third kappa shape index (κ3) is 3.66. The maximum Gasteiger partial charge on any atom is 0.345 e. The minimum absolute atomic E-state index is 0.0353. The van der Waals surface area contributed by atoms with Crippen molar-refractivity contribution in [2.24, 2.45) is 7.05 Å². The van der Waals surface area contributed by atoms with Crippen LogP contribution in [0.4, 0.5) is 0 Å². The fourth-order valence-corrected chi connectivity index (χ4v) is 4.34. The molecule has 2 aliphatic carbocycles. The van der Waals surface area contributed by atoms with Crippen molar-refractivity contribution in [1.82, 2.24) is 24.6 Å². The summed E-state index contributed by atoms with van der Waals surface area (Å²) in [7, 11) is 1.76. The van der Waals surface area contributed by atoms with Gasteiger partial charge in [-0.2, -0.15) is 5.10 Å². The maximum absolute atomic E-state index is 12.5. The summed E-state index contributed by atoms with van der Waals surface area (Å²) in [6, 6.07) is 0.762. The molecule has 1 aromatic rings. The van der Waals surface area contributed by atoms with Gasteiger partial charge in [-0.15, -0.1) is 0 Å². The molecule has 0 unspecified atom stereocenters. The molecule has 1 N–H and O–H groups in total. The van der Waals surface area contributed by atoms with Crippen LogP contribution in [0.3, 0.4) is 0 Å². The van der Waals surface area contributed by atoms with Crippen LogP contribution in [-0.2, 0) is 11.8 Å². The number of nitrogens with zero attached hydrogens (tertiary/aromatic N) is 4. The van der Waals surface area contributed by atoms with Crippen molar-refractivity contribution in [3.63, 3.8) is 0 Å². The van der Waals surface area contributed by atoms with E-state index in [4.69, 9.17) is 0 Å². The van der Waals surface area contributed by atoms with Crippen molar-refractivity contribution in [3.05, 3.63) is 16.3 Å². The van der Waals surface area contributed by atoms with Gasteiger partial charge in [0.1, 0.15) is 5.82 Å². The Bertz CT molecular complexity index is 676. The molecule has 0 atom stereocenters. The second-order valence-electron chi connectivity index (χ2n) is 7.96. The molecule has 1 saturated heterocycles. The van der Waals surface area contributed by atoms with E-state index in [0.717, 1.165) is 57.4 Å². The van der Waals surface area contributed by atoms with Gasteiger partial charge in [-0.1, -0.05) is 12.8 Å². The minimum atomic E-state index is 0.0353. The second kappa shape index (κ2) is 6.94. The predicted octanol–water partition coefficient (Wildman–Crippen LogP) is 1.15. The summed E-state index contributed by atoms with van der Waals surface area (Å²) < 4.78 is 3.48. The van der Waals surface area contributed by atoms with Crippen LogP contribution in [0.25, 0.3) is 0 Å². The summed E-state index contributed by atoms with van der Waals surface area (Å²) in [6.07, 6.45) is 8.82. The number of piperidine rings is 1. The molecule has 2 heterocycles. The molecule has 0 radical (unpaired) electrons. The fourth-order valence-electron chi connectivity index (χ4n) is 4.34. The maximum atomic E-state index is 12.5. The summed E-state index contributed by atoms with van der Waals surface area (Å²) >= 11 is 0. The lowest BCUT2D eigenvalue weighted by Gasteiger charge is -2.31. The first-order valence-electron chi connectivity index (χ1n) is 9.79. The van der Waals surface area contributed by atoms with Gasteiger partial charge in [-0.3, -0.25) is 14.3 Å². The average Bonchev–Trinajstić information content (AvgIpc) is 3.14. The number of aryl methyl sites for hydroxylation is 1. The van der Waals surface area contributed by atoms with Crippen LogP contribution in [0.15, 0.2) is 4.79 Å². The van der Waals surface area contributed by atoms with Gasteiger partial charge < -0.3 is 5.32 Å². The van der Waals surface area contributed by atoms with Crippen LogP contribution < -0.4 is 11.0 Å². The summed E-state index contributed by atoms with van der Waals surface area (Å²) in [5.41, 5.74) is 0.0353. The highest BCUT2D eigenvalue weighted by Crippen LogP contribution is 2.33. The van der Waals surface area contributed by atoms with Gasteiger partial charge in [0.15, 0.2) is 0 Å². The highest BCUT2D eigenvalue weighted by atomic mass is 16.2. The summed E-state index contributed by atoms with van der Waals surface area (Å²) in [5, 5.41) is 7.64. The molecule has 3 fully saturated rings. The highest BCUT2D eigenvalue weighted by Gasteiger charge is 2.31. The van der Waals surface area contributed by atoms with E-state index in [2.05, 4.69) is 15.3 Å². The van der Waals surface area contributed by atoms with Gasteiger partial charge in [0.05, 0.1) is 6.54 Å². The van der Waals surface area contributed by atoms with E-state index in [0.29, 0.717) is 24.5 Å². The van der Waals surface area contributed by atoms with Gasteiger partial charge >= 0.3 is 5.69 Å². The number of amides is 1. The third-order valence-corrected chi connectivity index (χ3v) is 5.93. The van der Waals surface area contributed by atoms with Crippen molar-refractivity contribution < 1.29 is 4.79 Å². The molecule has 4 rings (SSSR count). The Labute approximate surface area is 148 Å². The van der Waals surface area contributed by atoms with E-state index in [1.165, 1.54) is 17.5 Å². The number of rotatable bonds is 5. The van der Waals surface area contributed by atoms with E-state index in [1.807, 2.05) is 4.57 Å². The molecule has 0 spiro atoms. The monoisotopic (exact) mass is 347 g/mol. The van der Waals surface area contributed by atoms with Crippen molar-refractivity contribution >= 4 is 5.91 Å². The van der Waals surface area contributed by atoms with Crippen molar-refractivity contribution in [2.45, 2.75) is 69.4 Å². The molecule has 1 aromatic heterocycles. The fraction of sp³-hybridized carbons (Fsp3) is 0.833. The summed E-state index contributed by atoms with van der Waals surface area (Å²) in [5.74, 6) is 1.46. The van der Waals surface area contributed by atoms with Crippen molar-refractivity contribution in [2.75, 3.05) is 19.6 Å². The van der Waals surface area contributed by atoms with Crippen molar-refractivity contribution in [3.8, 4) is 0 Å². The zero-order chi connectivity index (χ0) is 17.4. The second-order valence-corrected chi connectivity index (χ2v) is 7.96. The molecule has 7 nitrogen and oxygen atoms in total. The summed E-state index contributed by atoms with van der Waals surface area (Å²) in [4.78, 5) is 26.7. The number of hydrogen-bond donors (Lipinski definition) is 1. The van der Waals surface area contributed by atoms with E-state index >= 15 is 0 Å². The number of likely N-dealkylation sites (tertiary alicyclic amines) is 1. The van der Waals surface area contributed by atoms with Crippen LogP contribution in [0.1, 0.15) is 69.2 Å². The van der Waals surface area contributed by atoms with Gasteiger partial charge in [-0.25, -0.2) is 9.48 Å². The molecule has 7 heteroatoms. The van der Waals surface area contributed by atoms with Gasteiger partial charge in [0.25, 0.3) is 0 Å². The molecular weight excluding hydrogens is 318 g/mol. The largest absolute Gasteiger partial charge is 0.352 e. The Kier molecular flexibility index (Phi) is 4.67. The van der Waals surface area contributed by atoms with Crippen LogP contribution in [0.2, 0.25) is 0 Å². The van der Waals surface area contributed by atoms with Gasteiger partial charge in [0.2, 0.25) is 5.91 Å². The zero-order valence-corrected chi connectivity index (χ0v) is 15.1. The topological polar surface area (TPSA) is 72.2 Å². The average molecular weight is 347 g/mol. The van der Waals surface area contributed by atoms with Crippen LogP contribution in [0.5, 0.6) is 0 Å². The molecular formula is C18H29N5O2. The SMILES string of the molecule is Cn1nc(C2CCN(CC(=O)NC3CC3)CC2)n(C2CCCC2)c1=O. The van der Waals surface area contributed by atoms with E-state index in [9.17, 15) is 9.59 Å². The van der Waals surface area contributed by atoms with E-state index in [1.54, 1.807) is 7.05 Å². The number of nitrogens with one attached hydrogen (secondary N) is 1. The smallest absolute Gasteiger partial charge is 0.345 e. The first-order valence-corrected chi connectivity index (χ1v) is 9.79. The third-order valence-electron chi connectivity index (χ3n) is 5.93. The number of carbonyl (C=O) groups excluding carboxylic acids is 1. The molecule has 0 bridgehead atoms. The first-order chi connectivity index (χ1) is 12.1. The predicted molar refractivity (Wildman–Crippen MR) is 94.6 cm³/mol.